The van der Waals surface area contributed by atoms with E-state index in [1.165, 1.54) is 12.1 Å². The van der Waals surface area contributed by atoms with Crippen LogP contribution in [-0.2, 0) is 10.0 Å². The Kier molecular flexibility index (Phi) is 5.97. The molecule has 6 nitrogen and oxygen atoms in total. The van der Waals surface area contributed by atoms with Gasteiger partial charge in [-0.15, -0.1) is 0 Å². The minimum Gasteiger partial charge on any atom is -0.497 e. The molecule has 0 aliphatic carbocycles. The molecule has 3 N–H and O–H groups in total. The molecule has 0 aliphatic heterocycles. The molecule has 2 aromatic carbocycles. The first-order chi connectivity index (χ1) is 11.0. The highest BCUT2D eigenvalue weighted by Crippen LogP contribution is 2.24. The molecule has 23 heavy (non-hydrogen) atoms. The first-order valence-electron chi connectivity index (χ1n) is 7.17. The van der Waals surface area contributed by atoms with Crippen LogP contribution in [0.4, 0.5) is 0 Å². The van der Waals surface area contributed by atoms with E-state index in [4.69, 9.17) is 15.2 Å². The summed E-state index contributed by atoms with van der Waals surface area (Å²) in [7, 11) is -1.91. The number of nitrogens with one attached hydrogen (secondary N) is 1. The van der Waals surface area contributed by atoms with E-state index < -0.39 is 10.0 Å². The molecular weight excluding hydrogens is 316 g/mol. The average molecular weight is 336 g/mol. The predicted molar refractivity (Wildman–Crippen MR) is 88.4 cm³/mol. The molecular formula is C16H20N2O4S. The van der Waals surface area contributed by atoms with E-state index in [2.05, 4.69) is 4.72 Å². The van der Waals surface area contributed by atoms with Crippen molar-refractivity contribution < 1.29 is 17.9 Å². The Balaban J connectivity index is 2.03. The highest BCUT2D eigenvalue weighted by atomic mass is 32.2. The van der Waals surface area contributed by atoms with Crippen LogP contribution in [0.5, 0.6) is 17.2 Å². The van der Waals surface area contributed by atoms with Crippen LogP contribution >= 0.6 is 0 Å². The van der Waals surface area contributed by atoms with E-state index in [9.17, 15) is 8.42 Å². The molecule has 0 fully saturated rings. The number of ether oxygens (including phenoxy) is 2. The van der Waals surface area contributed by atoms with Crippen LogP contribution in [0, 0.1) is 0 Å². The SMILES string of the molecule is COc1ccc(Oc2ccc(S(=O)(=O)NCCCN)cc2)cc1. The molecule has 0 aliphatic rings. The summed E-state index contributed by atoms with van der Waals surface area (Å²) in [5.41, 5.74) is 5.35. The lowest BCUT2D eigenvalue weighted by molar-refractivity contribution is 0.413. The number of nitrogens with two attached hydrogens (primary N) is 1. The standard InChI is InChI=1S/C16H20N2O4S/c1-21-13-3-5-14(6-4-13)22-15-7-9-16(10-8-15)23(19,20)18-12-2-11-17/h3-10,18H,2,11-12,17H2,1H3. The van der Waals surface area contributed by atoms with E-state index in [0.717, 1.165) is 5.75 Å². The minimum atomic E-state index is -3.51. The molecule has 0 amide bonds. The molecule has 0 atom stereocenters. The Morgan fingerprint density at radius 1 is 0.957 bits per heavy atom. The van der Waals surface area contributed by atoms with Crippen molar-refractivity contribution in [2.75, 3.05) is 20.2 Å². The summed E-state index contributed by atoms with van der Waals surface area (Å²) in [6, 6.07) is 13.4. The van der Waals surface area contributed by atoms with E-state index in [1.54, 1.807) is 43.5 Å². The van der Waals surface area contributed by atoms with Gasteiger partial charge in [-0.3, -0.25) is 0 Å². The summed E-state index contributed by atoms with van der Waals surface area (Å²) in [5, 5.41) is 0. The van der Waals surface area contributed by atoms with Gasteiger partial charge in [-0.1, -0.05) is 0 Å². The fourth-order valence-electron chi connectivity index (χ4n) is 1.86. The summed E-state index contributed by atoms with van der Waals surface area (Å²) in [6.45, 7) is 0.764. The number of hydrogen-bond donors (Lipinski definition) is 2. The third-order valence-corrected chi connectivity index (χ3v) is 4.58. The third kappa shape index (κ3) is 4.95. The van der Waals surface area contributed by atoms with Gasteiger partial charge in [0.05, 0.1) is 12.0 Å². The van der Waals surface area contributed by atoms with Gasteiger partial charge in [-0.25, -0.2) is 13.1 Å². The molecule has 0 spiro atoms. The van der Waals surface area contributed by atoms with Crippen LogP contribution in [0.1, 0.15) is 6.42 Å². The monoisotopic (exact) mass is 336 g/mol. The predicted octanol–water partition coefficient (Wildman–Crippen LogP) is 2.11. The zero-order valence-electron chi connectivity index (χ0n) is 12.9. The molecule has 124 valence electrons. The van der Waals surface area contributed by atoms with Gasteiger partial charge in [0.25, 0.3) is 0 Å². The fraction of sp³-hybridized carbons (Fsp3) is 0.250. The zero-order valence-corrected chi connectivity index (χ0v) is 13.7. The highest BCUT2D eigenvalue weighted by molar-refractivity contribution is 7.89. The van der Waals surface area contributed by atoms with E-state index >= 15 is 0 Å². The van der Waals surface area contributed by atoms with Crippen molar-refractivity contribution in [3.8, 4) is 17.2 Å². The van der Waals surface area contributed by atoms with Gasteiger partial charge in [0.15, 0.2) is 0 Å². The van der Waals surface area contributed by atoms with Crippen LogP contribution in [0.2, 0.25) is 0 Å². The maximum Gasteiger partial charge on any atom is 0.240 e. The van der Waals surface area contributed by atoms with Crippen molar-refractivity contribution in [2.24, 2.45) is 5.73 Å². The van der Waals surface area contributed by atoms with Gasteiger partial charge in [-0.05, 0) is 61.5 Å². The number of rotatable bonds is 8. The summed E-state index contributed by atoms with van der Waals surface area (Å²) < 4.78 is 37.3. The van der Waals surface area contributed by atoms with Crippen molar-refractivity contribution in [1.29, 1.82) is 0 Å². The third-order valence-electron chi connectivity index (χ3n) is 3.10. The Morgan fingerprint density at radius 3 is 2.00 bits per heavy atom. The molecule has 0 unspecified atom stereocenters. The van der Waals surface area contributed by atoms with E-state index in [-0.39, 0.29) is 4.90 Å². The van der Waals surface area contributed by atoms with Crippen molar-refractivity contribution >= 4 is 10.0 Å². The van der Waals surface area contributed by atoms with Crippen molar-refractivity contribution in [3.63, 3.8) is 0 Å². The lowest BCUT2D eigenvalue weighted by Crippen LogP contribution is -2.26. The van der Waals surface area contributed by atoms with Gasteiger partial charge in [-0.2, -0.15) is 0 Å². The first kappa shape index (κ1) is 17.3. The Morgan fingerprint density at radius 2 is 1.48 bits per heavy atom. The molecule has 0 saturated carbocycles. The molecule has 0 radical (unpaired) electrons. The van der Waals surface area contributed by atoms with Crippen LogP contribution in [-0.4, -0.2) is 28.6 Å². The largest absolute Gasteiger partial charge is 0.497 e. The van der Waals surface area contributed by atoms with Gasteiger partial charge in [0.2, 0.25) is 10.0 Å². The Bertz CT molecular complexity index is 713. The van der Waals surface area contributed by atoms with Crippen molar-refractivity contribution in [1.82, 2.24) is 4.72 Å². The zero-order chi connectivity index (χ0) is 16.7. The Hall–Kier alpha value is -2.09. The van der Waals surface area contributed by atoms with Crippen molar-refractivity contribution in [3.05, 3.63) is 48.5 Å². The molecule has 0 aromatic heterocycles. The summed E-state index contributed by atoms with van der Waals surface area (Å²) in [6.07, 6.45) is 0.595. The first-order valence-corrected chi connectivity index (χ1v) is 8.65. The van der Waals surface area contributed by atoms with Crippen LogP contribution in [0.3, 0.4) is 0 Å². The lowest BCUT2D eigenvalue weighted by Gasteiger charge is -2.09. The summed E-state index contributed by atoms with van der Waals surface area (Å²) in [5.74, 6) is 1.93. The fourth-order valence-corrected chi connectivity index (χ4v) is 2.93. The number of methoxy groups -OCH3 is 1. The Labute approximate surface area is 136 Å². The van der Waals surface area contributed by atoms with Crippen LogP contribution < -0.4 is 19.9 Å². The second-order valence-corrected chi connectivity index (χ2v) is 6.56. The highest BCUT2D eigenvalue weighted by Gasteiger charge is 2.13. The summed E-state index contributed by atoms with van der Waals surface area (Å²) >= 11 is 0. The average Bonchev–Trinajstić information content (AvgIpc) is 2.56. The molecule has 0 bridgehead atoms. The lowest BCUT2D eigenvalue weighted by atomic mass is 10.3. The quantitative estimate of drug-likeness (QED) is 0.721. The maximum absolute atomic E-state index is 12.0. The minimum absolute atomic E-state index is 0.191. The van der Waals surface area contributed by atoms with E-state index in [1.807, 2.05) is 0 Å². The number of hydrogen-bond acceptors (Lipinski definition) is 5. The van der Waals surface area contributed by atoms with Gasteiger partial charge in [0, 0.05) is 6.54 Å². The second-order valence-electron chi connectivity index (χ2n) is 4.79. The van der Waals surface area contributed by atoms with Gasteiger partial charge >= 0.3 is 0 Å². The topological polar surface area (TPSA) is 90.6 Å². The van der Waals surface area contributed by atoms with Gasteiger partial charge in [0.1, 0.15) is 17.2 Å². The van der Waals surface area contributed by atoms with Gasteiger partial charge < -0.3 is 15.2 Å². The maximum atomic E-state index is 12.0. The van der Waals surface area contributed by atoms with Crippen LogP contribution in [0.25, 0.3) is 0 Å². The molecule has 7 heteroatoms. The van der Waals surface area contributed by atoms with Crippen molar-refractivity contribution in [2.45, 2.75) is 11.3 Å². The normalized spacial score (nSPS) is 11.2. The molecule has 2 aromatic rings. The van der Waals surface area contributed by atoms with Crippen LogP contribution in [0.15, 0.2) is 53.4 Å². The second kappa shape index (κ2) is 7.96. The van der Waals surface area contributed by atoms with E-state index in [0.29, 0.717) is 31.0 Å². The molecule has 0 heterocycles. The summed E-state index contributed by atoms with van der Waals surface area (Å²) in [4.78, 5) is 0.191. The number of benzene rings is 2. The molecule has 0 saturated heterocycles. The smallest absolute Gasteiger partial charge is 0.240 e. The number of sulfonamides is 1. The molecule has 2 rings (SSSR count).